The molecule has 20 heavy (non-hydrogen) atoms. The highest BCUT2D eigenvalue weighted by molar-refractivity contribution is 5.49. The zero-order chi connectivity index (χ0) is 14.5. The Balaban J connectivity index is 2.09. The zero-order valence-electron chi connectivity index (χ0n) is 10.3. The van der Waals surface area contributed by atoms with Crippen molar-refractivity contribution in [3.63, 3.8) is 0 Å². The first-order valence-corrected chi connectivity index (χ1v) is 5.77. The summed E-state index contributed by atoms with van der Waals surface area (Å²) in [5.41, 5.74) is 1.28. The van der Waals surface area contributed by atoms with Crippen LogP contribution in [0.15, 0.2) is 42.5 Å². The smallest absolute Gasteiger partial charge is 0.304 e. The molecule has 0 unspecified atom stereocenters. The number of nitro benzene ring substituents is 1. The normalized spacial score (nSPS) is 9.80. The van der Waals surface area contributed by atoms with Crippen molar-refractivity contribution in [1.82, 2.24) is 0 Å². The van der Waals surface area contributed by atoms with Crippen molar-refractivity contribution in [2.75, 3.05) is 5.32 Å². The highest BCUT2D eigenvalue weighted by atomic mass is 19.1. The van der Waals surface area contributed by atoms with Gasteiger partial charge in [-0.15, -0.1) is 0 Å². The van der Waals surface area contributed by atoms with Crippen LogP contribution in [0.5, 0.6) is 0 Å². The summed E-state index contributed by atoms with van der Waals surface area (Å²) < 4.78 is 13.4. The van der Waals surface area contributed by atoms with Crippen LogP contribution in [0, 0.1) is 27.3 Å². The second-order valence-electron chi connectivity index (χ2n) is 4.09. The number of nitro groups is 1. The minimum absolute atomic E-state index is 0.309. The summed E-state index contributed by atoms with van der Waals surface area (Å²) in [6.07, 6.45) is 0. The quantitative estimate of drug-likeness (QED) is 0.684. The Morgan fingerprint density at radius 1 is 1.30 bits per heavy atom. The van der Waals surface area contributed by atoms with Gasteiger partial charge in [0.1, 0.15) is 0 Å². The van der Waals surface area contributed by atoms with E-state index in [2.05, 4.69) is 5.32 Å². The lowest BCUT2D eigenvalue weighted by molar-refractivity contribution is -0.387. The third-order valence-electron chi connectivity index (χ3n) is 2.70. The first-order valence-electron chi connectivity index (χ1n) is 5.77. The van der Waals surface area contributed by atoms with Crippen molar-refractivity contribution in [2.45, 2.75) is 6.54 Å². The molecule has 0 atom stereocenters. The van der Waals surface area contributed by atoms with Gasteiger partial charge in [0, 0.05) is 18.3 Å². The molecule has 2 aromatic rings. The summed E-state index contributed by atoms with van der Waals surface area (Å²) in [4.78, 5) is 9.74. The molecule has 6 heteroatoms. The van der Waals surface area contributed by atoms with Gasteiger partial charge in [-0.05, 0) is 29.8 Å². The number of nitrogens with zero attached hydrogens (tertiary/aromatic N) is 2. The lowest BCUT2D eigenvalue weighted by Gasteiger charge is -2.07. The molecular weight excluding hydrogens is 261 g/mol. The van der Waals surface area contributed by atoms with Crippen molar-refractivity contribution in [1.29, 1.82) is 5.26 Å². The molecule has 0 aliphatic carbocycles. The van der Waals surface area contributed by atoms with E-state index in [1.807, 2.05) is 6.07 Å². The van der Waals surface area contributed by atoms with Crippen LogP contribution in [-0.4, -0.2) is 4.92 Å². The maximum atomic E-state index is 13.4. The molecule has 5 nitrogen and oxygen atoms in total. The third kappa shape index (κ3) is 3.09. The molecule has 100 valence electrons. The predicted molar refractivity (Wildman–Crippen MR) is 71.5 cm³/mol. The van der Waals surface area contributed by atoms with Crippen LogP contribution < -0.4 is 5.32 Å². The summed E-state index contributed by atoms with van der Waals surface area (Å²) in [5, 5.41) is 22.3. The molecule has 0 heterocycles. The number of halogens is 1. The molecule has 0 aliphatic rings. The predicted octanol–water partition coefficient (Wildman–Crippen LogP) is 3.22. The molecular formula is C14H10FN3O2. The van der Waals surface area contributed by atoms with Gasteiger partial charge in [0.2, 0.25) is 5.82 Å². The van der Waals surface area contributed by atoms with E-state index in [0.29, 0.717) is 17.7 Å². The lowest BCUT2D eigenvalue weighted by Crippen LogP contribution is -2.01. The van der Waals surface area contributed by atoms with Crippen LogP contribution in [0.3, 0.4) is 0 Å². The van der Waals surface area contributed by atoms with E-state index in [1.165, 1.54) is 6.07 Å². The topological polar surface area (TPSA) is 79.0 Å². The van der Waals surface area contributed by atoms with Crippen molar-refractivity contribution in [2.24, 2.45) is 0 Å². The first-order chi connectivity index (χ1) is 9.60. The second-order valence-corrected chi connectivity index (χ2v) is 4.09. The van der Waals surface area contributed by atoms with Gasteiger partial charge in [0.25, 0.3) is 0 Å². The largest absolute Gasteiger partial charge is 0.381 e. The monoisotopic (exact) mass is 271 g/mol. The molecule has 0 aromatic heterocycles. The number of benzene rings is 2. The Morgan fingerprint density at radius 3 is 2.75 bits per heavy atom. The molecule has 0 saturated heterocycles. The van der Waals surface area contributed by atoms with Crippen molar-refractivity contribution in [3.8, 4) is 6.07 Å². The number of anilines is 1. The molecule has 1 N–H and O–H groups in total. The van der Waals surface area contributed by atoms with Crippen molar-refractivity contribution < 1.29 is 9.31 Å². The molecule has 0 saturated carbocycles. The van der Waals surface area contributed by atoms with E-state index in [4.69, 9.17) is 5.26 Å². The van der Waals surface area contributed by atoms with E-state index in [1.54, 1.807) is 24.3 Å². The Bertz CT molecular complexity index is 695. The summed E-state index contributed by atoms with van der Waals surface area (Å²) in [7, 11) is 0. The highest BCUT2D eigenvalue weighted by Gasteiger charge is 2.13. The average Bonchev–Trinajstić information content (AvgIpc) is 2.45. The Labute approximate surface area is 114 Å². The number of nitrogens with one attached hydrogen (secondary N) is 1. The molecule has 0 radical (unpaired) electrons. The highest BCUT2D eigenvalue weighted by Crippen LogP contribution is 2.19. The van der Waals surface area contributed by atoms with Crippen LogP contribution in [0.2, 0.25) is 0 Å². The molecule has 0 aliphatic heterocycles. The second kappa shape index (κ2) is 5.80. The van der Waals surface area contributed by atoms with Crippen LogP contribution in [0.25, 0.3) is 0 Å². The molecule has 0 fully saturated rings. The number of hydrogen-bond donors (Lipinski definition) is 1. The summed E-state index contributed by atoms with van der Waals surface area (Å²) in [6, 6.07) is 12.6. The summed E-state index contributed by atoms with van der Waals surface area (Å²) in [6.45, 7) is 0.309. The fourth-order valence-corrected chi connectivity index (χ4v) is 1.71. The molecule has 0 amide bonds. The first kappa shape index (κ1) is 13.5. The number of nitriles is 1. The fourth-order valence-electron chi connectivity index (χ4n) is 1.71. The van der Waals surface area contributed by atoms with Crippen LogP contribution in [0.4, 0.5) is 15.8 Å². The van der Waals surface area contributed by atoms with Gasteiger partial charge < -0.3 is 5.32 Å². The Kier molecular flexibility index (Phi) is 3.91. The van der Waals surface area contributed by atoms with E-state index < -0.39 is 16.4 Å². The zero-order valence-corrected chi connectivity index (χ0v) is 10.3. The Hall–Kier alpha value is -2.94. The molecule has 0 bridgehead atoms. The van der Waals surface area contributed by atoms with Gasteiger partial charge in [0.05, 0.1) is 16.6 Å². The van der Waals surface area contributed by atoms with Crippen molar-refractivity contribution in [3.05, 3.63) is 69.5 Å². The van der Waals surface area contributed by atoms with Gasteiger partial charge in [-0.25, -0.2) is 0 Å². The molecule has 0 spiro atoms. The van der Waals surface area contributed by atoms with E-state index in [-0.39, 0.29) is 0 Å². The maximum absolute atomic E-state index is 13.4. The molecule has 2 rings (SSSR count). The minimum atomic E-state index is -0.861. The third-order valence-corrected chi connectivity index (χ3v) is 2.70. The van der Waals surface area contributed by atoms with Gasteiger partial charge in [0.15, 0.2) is 0 Å². The van der Waals surface area contributed by atoms with Gasteiger partial charge in [-0.3, -0.25) is 10.1 Å². The SMILES string of the molecule is N#Cc1cccc(NCc2ccc([N+](=O)[O-])c(F)c2)c1. The Morgan fingerprint density at radius 2 is 2.10 bits per heavy atom. The van der Waals surface area contributed by atoms with Gasteiger partial charge in [-0.2, -0.15) is 9.65 Å². The number of rotatable bonds is 4. The lowest BCUT2D eigenvalue weighted by atomic mass is 10.1. The molecule has 2 aromatic carbocycles. The van der Waals surface area contributed by atoms with E-state index in [9.17, 15) is 14.5 Å². The van der Waals surface area contributed by atoms with E-state index in [0.717, 1.165) is 17.8 Å². The van der Waals surface area contributed by atoms with Gasteiger partial charge in [-0.1, -0.05) is 12.1 Å². The van der Waals surface area contributed by atoms with Crippen LogP contribution in [0.1, 0.15) is 11.1 Å². The van der Waals surface area contributed by atoms with Crippen LogP contribution >= 0.6 is 0 Å². The van der Waals surface area contributed by atoms with Gasteiger partial charge >= 0.3 is 5.69 Å². The maximum Gasteiger partial charge on any atom is 0.304 e. The fraction of sp³-hybridized carbons (Fsp3) is 0.0714. The average molecular weight is 271 g/mol. The van der Waals surface area contributed by atoms with Crippen molar-refractivity contribution >= 4 is 11.4 Å². The summed E-state index contributed by atoms with van der Waals surface area (Å²) in [5.74, 6) is -0.861. The standard InChI is InChI=1S/C14H10FN3O2/c15-13-7-11(4-5-14(13)18(19)20)9-17-12-3-1-2-10(6-12)8-16/h1-7,17H,9H2. The van der Waals surface area contributed by atoms with Crippen LogP contribution in [-0.2, 0) is 6.54 Å². The van der Waals surface area contributed by atoms with E-state index >= 15 is 0 Å². The number of hydrogen-bond acceptors (Lipinski definition) is 4. The minimum Gasteiger partial charge on any atom is -0.381 e. The summed E-state index contributed by atoms with van der Waals surface area (Å²) >= 11 is 0.